The van der Waals surface area contributed by atoms with E-state index < -0.39 is 0 Å². The van der Waals surface area contributed by atoms with Crippen LogP contribution < -0.4 is 11.3 Å². The zero-order chi connectivity index (χ0) is 15.5. The molecule has 3 rings (SSSR count). The van der Waals surface area contributed by atoms with Gasteiger partial charge in [-0.3, -0.25) is 9.59 Å². The van der Waals surface area contributed by atoms with Crippen molar-refractivity contribution in [2.75, 3.05) is 13.1 Å². The lowest BCUT2D eigenvalue weighted by atomic mass is 10.1. The lowest BCUT2D eigenvalue weighted by Gasteiger charge is -2.23. The van der Waals surface area contributed by atoms with Gasteiger partial charge in [-0.05, 0) is 30.5 Å². The Labute approximate surface area is 128 Å². The van der Waals surface area contributed by atoms with E-state index in [0.717, 1.165) is 18.4 Å². The molecule has 1 aromatic carbocycles. The van der Waals surface area contributed by atoms with Crippen molar-refractivity contribution < 1.29 is 4.79 Å². The number of aromatic nitrogens is 1. The number of hydrogen-bond acceptors (Lipinski definition) is 3. The quantitative estimate of drug-likeness (QED) is 0.903. The van der Waals surface area contributed by atoms with Crippen LogP contribution in [-0.4, -0.2) is 34.9 Å². The highest BCUT2D eigenvalue weighted by Gasteiger charge is 2.29. The fraction of sp³-hybridized carbons (Fsp3) is 0.294. The number of likely N-dealkylation sites (tertiary alicyclic amines) is 1. The fourth-order valence-corrected chi connectivity index (χ4v) is 2.93. The molecule has 1 unspecified atom stereocenters. The third-order valence-corrected chi connectivity index (χ3v) is 4.13. The van der Waals surface area contributed by atoms with Gasteiger partial charge < -0.3 is 15.6 Å². The maximum absolute atomic E-state index is 12.5. The Bertz CT molecular complexity index is 724. The van der Waals surface area contributed by atoms with Gasteiger partial charge in [0.15, 0.2) is 0 Å². The van der Waals surface area contributed by atoms with Gasteiger partial charge in [0, 0.05) is 24.8 Å². The SMILES string of the molecule is NCC1CCCN1C(=O)c1ccc(-c2ccccc2)[nH]c1=O. The molecule has 22 heavy (non-hydrogen) atoms. The highest BCUT2D eigenvalue weighted by molar-refractivity contribution is 5.94. The van der Waals surface area contributed by atoms with E-state index in [-0.39, 0.29) is 23.1 Å². The van der Waals surface area contributed by atoms with Crippen LogP contribution in [0.1, 0.15) is 23.2 Å². The molecular weight excluding hydrogens is 278 g/mol. The first-order valence-corrected chi connectivity index (χ1v) is 7.50. The maximum atomic E-state index is 12.5. The first-order valence-electron chi connectivity index (χ1n) is 7.50. The first kappa shape index (κ1) is 14.5. The molecule has 1 amide bonds. The van der Waals surface area contributed by atoms with Crippen LogP contribution in [0, 0.1) is 0 Å². The molecule has 0 saturated carbocycles. The van der Waals surface area contributed by atoms with Crippen molar-refractivity contribution in [3.63, 3.8) is 0 Å². The van der Waals surface area contributed by atoms with Gasteiger partial charge in [0.25, 0.3) is 11.5 Å². The number of hydrogen-bond donors (Lipinski definition) is 2. The van der Waals surface area contributed by atoms with Gasteiger partial charge in [-0.1, -0.05) is 30.3 Å². The van der Waals surface area contributed by atoms with E-state index >= 15 is 0 Å². The summed E-state index contributed by atoms with van der Waals surface area (Å²) in [5.41, 5.74) is 7.15. The Morgan fingerprint density at radius 1 is 1.23 bits per heavy atom. The summed E-state index contributed by atoms with van der Waals surface area (Å²) in [6.45, 7) is 1.10. The minimum Gasteiger partial charge on any atom is -0.334 e. The zero-order valence-electron chi connectivity index (χ0n) is 12.3. The van der Waals surface area contributed by atoms with Crippen LogP contribution in [0.25, 0.3) is 11.3 Å². The smallest absolute Gasteiger partial charge is 0.261 e. The fourth-order valence-electron chi connectivity index (χ4n) is 2.93. The molecular formula is C17H19N3O2. The Kier molecular flexibility index (Phi) is 4.06. The number of aromatic amines is 1. The monoisotopic (exact) mass is 297 g/mol. The zero-order valence-corrected chi connectivity index (χ0v) is 12.3. The third-order valence-electron chi connectivity index (χ3n) is 4.13. The molecule has 1 fully saturated rings. The van der Waals surface area contributed by atoms with Crippen molar-refractivity contribution in [2.24, 2.45) is 5.73 Å². The van der Waals surface area contributed by atoms with Gasteiger partial charge in [0.2, 0.25) is 0 Å². The normalized spacial score (nSPS) is 17.7. The Morgan fingerprint density at radius 2 is 2.00 bits per heavy atom. The number of benzene rings is 1. The van der Waals surface area contributed by atoms with Crippen LogP contribution >= 0.6 is 0 Å². The number of nitrogens with two attached hydrogens (primary N) is 1. The minimum absolute atomic E-state index is 0.0423. The van der Waals surface area contributed by atoms with Crippen molar-refractivity contribution in [1.82, 2.24) is 9.88 Å². The van der Waals surface area contributed by atoms with Gasteiger partial charge in [-0.15, -0.1) is 0 Å². The van der Waals surface area contributed by atoms with Gasteiger partial charge >= 0.3 is 0 Å². The molecule has 2 aromatic rings. The Hall–Kier alpha value is -2.40. The summed E-state index contributed by atoms with van der Waals surface area (Å²) in [6, 6.07) is 13.0. The molecule has 1 aliphatic rings. The topological polar surface area (TPSA) is 79.2 Å². The molecule has 0 spiro atoms. The molecule has 1 atom stereocenters. The van der Waals surface area contributed by atoms with Gasteiger partial charge in [-0.2, -0.15) is 0 Å². The average molecular weight is 297 g/mol. The number of rotatable bonds is 3. The highest BCUT2D eigenvalue weighted by atomic mass is 16.2. The van der Waals surface area contributed by atoms with Crippen molar-refractivity contribution in [3.05, 3.63) is 58.4 Å². The van der Waals surface area contributed by atoms with Crippen LogP contribution in [0.15, 0.2) is 47.3 Å². The summed E-state index contributed by atoms with van der Waals surface area (Å²) in [5, 5.41) is 0. The molecule has 0 bridgehead atoms. The number of nitrogens with zero attached hydrogens (tertiary/aromatic N) is 1. The summed E-state index contributed by atoms with van der Waals surface area (Å²) in [6.07, 6.45) is 1.84. The van der Waals surface area contributed by atoms with Crippen molar-refractivity contribution in [1.29, 1.82) is 0 Å². The van der Waals surface area contributed by atoms with E-state index in [9.17, 15) is 9.59 Å². The average Bonchev–Trinajstić information content (AvgIpc) is 3.03. The molecule has 1 aromatic heterocycles. The molecule has 1 saturated heterocycles. The van der Waals surface area contributed by atoms with Crippen LogP contribution in [0.3, 0.4) is 0 Å². The van der Waals surface area contributed by atoms with Gasteiger partial charge in [-0.25, -0.2) is 0 Å². The predicted molar refractivity (Wildman–Crippen MR) is 85.6 cm³/mol. The Balaban J connectivity index is 1.90. The van der Waals surface area contributed by atoms with Crippen molar-refractivity contribution >= 4 is 5.91 Å². The standard InChI is InChI=1S/C17H19N3O2/c18-11-13-7-4-10-20(13)17(22)14-8-9-15(19-16(14)21)12-5-2-1-3-6-12/h1-3,5-6,8-9,13H,4,7,10-11,18H2,(H,19,21). The van der Waals surface area contributed by atoms with Gasteiger partial charge in [0.1, 0.15) is 5.56 Å². The predicted octanol–water partition coefficient (Wildman–Crippen LogP) is 1.61. The number of amides is 1. The lowest BCUT2D eigenvalue weighted by molar-refractivity contribution is 0.0739. The number of nitrogens with one attached hydrogen (secondary N) is 1. The second-order valence-electron chi connectivity index (χ2n) is 5.51. The molecule has 114 valence electrons. The molecule has 0 radical (unpaired) electrons. The van der Waals surface area contributed by atoms with E-state index in [2.05, 4.69) is 4.98 Å². The molecule has 5 nitrogen and oxygen atoms in total. The number of carbonyl (C=O) groups excluding carboxylic acids is 1. The van der Waals surface area contributed by atoms with Crippen LogP contribution in [0.2, 0.25) is 0 Å². The van der Waals surface area contributed by atoms with Crippen LogP contribution in [-0.2, 0) is 0 Å². The van der Waals surface area contributed by atoms with E-state index in [1.165, 1.54) is 0 Å². The molecule has 3 N–H and O–H groups in total. The van der Waals surface area contributed by atoms with Crippen molar-refractivity contribution in [2.45, 2.75) is 18.9 Å². The number of pyridine rings is 1. The van der Waals surface area contributed by atoms with E-state index in [1.807, 2.05) is 30.3 Å². The van der Waals surface area contributed by atoms with Crippen LogP contribution in [0.5, 0.6) is 0 Å². The summed E-state index contributed by atoms with van der Waals surface area (Å²) in [5.74, 6) is -0.228. The Morgan fingerprint density at radius 3 is 2.68 bits per heavy atom. The van der Waals surface area contributed by atoms with Crippen molar-refractivity contribution in [3.8, 4) is 11.3 Å². The largest absolute Gasteiger partial charge is 0.334 e. The van der Waals surface area contributed by atoms with Gasteiger partial charge in [0.05, 0.1) is 0 Å². The highest BCUT2D eigenvalue weighted by Crippen LogP contribution is 2.19. The lowest BCUT2D eigenvalue weighted by Crippen LogP contribution is -2.41. The van der Waals surface area contributed by atoms with Crippen LogP contribution in [0.4, 0.5) is 0 Å². The third kappa shape index (κ3) is 2.67. The molecule has 0 aliphatic carbocycles. The summed E-state index contributed by atoms with van der Waals surface area (Å²) >= 11 is 0. The summed E-state index contributed by atoms with van der Waals surface area (Å²) < 4.78 is 0. The first-order chi connectivity index (χ1) is 10.7. The number of H-pyrrole nitrogens is 1. The maximum Gasteiger partial charge on any atom is 0.261 e. The second kappa shape index (κ2) is 6.15. The second-order valence-corrected chi connectivity index (χ2v) is 5.51. The minimum atomic E-state index is -0.353. The van der Waals surface area contributed by atoms with E-state index in [4.69, 9.17) is 5.73 Å². The van der Waals surface area contributed by atoms with E-state index in [0.29, 0.717) is 18.8 Å². The molecule has 2 heterocycles. The van der Waals surface area contributed by atoms with E-state index in [1.54, 1.807) is 17.0 Å². The molecule has 1 aliphatic heterocycles. The summed E-state index contributed by atoms with van der Waals surface area (Å²) in [4.78, 5) is 29.3. The molecule has 5 heteroatoms. The number of carbonyl (C=O) groups is 1. The summed E-state index contributed by atoms with van der Waals surface area (Å²) in [7, 11) is 0.